The number of hydrogen-bond donors (Lipinski definition) is 2. The van der Waals surface area contributed by atoms with Gasteiger partial charge in [0, 0.05) is 6.20 Å². The van der Waals surface area contributed by atoms with E-state index in [-0.39, 0.29) is 11.5 Å². The Kier molecular flexibility index (Phi) is 3.31. The Morgan fingerprint density at radius 3 is 2.89 bits per heavy atom. The fraction of sp³-hybridized carbons (Fsp3) is 0. The summed E-state index contributed by atoms with van der Waals surface area (Å²) in [5.74, 6) is -0.168. The summed E-state index contributed by atoms with van der Waals surface area (Å²) in [6, 6.07) is 7.32. The molecule has 18 heavy (non-hydrogen) atoms. The highest BCUT2D eigenvalue weighted by atomic mass is 35.5. The summed E-state index contributed by atoms with van der Waals surface area (Å²) < 4.78 is 13.1. The summed E-state index contributed by atoms with van der Waals surface area (Å²) >= 11 is 5.91. The van der Waals surface area contributed by atoms with Crippen molar-refractivity contribution in [3.63, 3.8) is 0 Å². The molecule has 0 aliphatic carbocycles. The van der Waals surface area contributed by atoms with E-state index in [1.54, 1.807) is 0 Å². The van der Waals surface area contributed by atoms with Crippen LogP contribution in [0.25, 0.3) is 0 Å². The smallest absolute Gasteiger partial charge is 0.154 e. The maximum Gasteiger partial charge on any atom is 0.154 e. The number of hydrogen-bond acceptors (Lipinski definition) is 4. The molecule has 0 bridgehead atoms. The van der Waals surface area contributed by atoms with Crippen molar-refractivity contribution in [3.05, 3.63) is 46.9 Å². The van der Waals surface area contributed by atoms with Gasteiger partial charge in [-0.05, 0) is 24.3 Å². The van der Waals surface area contributed by atoms with E-state index in [0.717, 1.165) is 0 Å². The molecule has 1 aromatic carbocycles. The molecule has 0 aliphatic rings. The lowest BCUT2D eigenvalue weighted by Crippen LogP contribution is -2.01. The van der Waals surface area contributed by atoms with Crippen LogP contribution in [-0.2, 0) is 0 Å². The molecule has 0 saturated carbocycles. The summed E-state index contributed by atoms with van der Waals surface area (Å²) in [7, 11) is 0. The molecule has 3 N–H and O–H groups in total. The summed E-state index contributed by atoms with van der Waals surface area (Å²) in [5.41, 5.74) is 6.57. The Bertz CT molecular complexity index is 636. The molecule has 0 amide bonds. The Balaban J connectivity index is 2.41. The molecule has 0 atom stereocenters. The van der Waals surface area contributed by atoms with Crippen molar-refractivity contribution >= 4 is 28.8 Å². The van der Waals surface area contributed by atoms with Crippen molar-refractivity contribution in [3.8, 4) is 6.07 Å². The average molecular weight is 263 g/mol. The SMILES string of the molecule is N#Cc1ccnc(Nc2cc(F)ccc2Cl)c1N. The Morgan fingerprint density at radius 1 is 1.39 bits per heavy atom. The van der Waals surface area contributed by atoms with Gasteiger partial charge in [-0.1, -0.05) is 11.6 Å². The molecule has 2 aromatic rings. The van der Waals surface area contributed by atoms with Gasteiger partial charge in [-0.3, -0.25) is 0 Å². The zero-order valence-electron chi connectivity index (χ0n) is 9.11. The zero-order chi connectivity index (χ0) is 13.1. The van der Waals surface area contributed by atoms with Crippen molar-refractivity contribution in [2.45, 2.75) is 0 Å². The number of anilines is 3. The third-order valence-electron chi connectivity index (χ3n) is 2.29. The van der Waals surface area contributed by atoms with Gasteiger partial charge in [0.1, 0.15) is 11.9 Å². The minimum Gasteiger partial charge on any atom is -0.395 e. The van der Waals surface area contributed by atoms with E-state index in [1.165, 1.54) is 30.5 Å². The summed E-state index contributed by atoms with van der Waals surface area (Å²) in [6.07, 6.45) is 1.43. The number of nitrogens with zero attached hydrogens (tertiary/aromatic N) is 2. The van der Waals surface area contributed by atoms with E-state index in [0.29, 0.717) is 16.3 Å². The number of nitriles is 1. The van der Waals surface area contributed by atoms with E-state index in [4.69, 9.17) is 22.6 Å². The number of halogens is 2. The minimum absolute atomic E-state index is 0.195. The van der Waals surface area contributed by atoms with Gasteiger partial charge in [0.05, 0.1) is 22.0 Å². The first-order valence-corrected chi connectivity index (χ1v) is 5.36. The highest BCUT2D eigenvalue weighted by molar-refractivity contribution is 6.33. The molecule has 0 unspecified atom stereocenters. The molecule has 90 valence electrons. The Labute approximate surface area is 108 Å². The maximum absolute atomic E-state index is 13.1. The largest absolute Gasteiger partial charge is 0.395 e. The van der Waals surface area contributed by atoms with Crippen LogP contribution in [0, 0.1) is 17.1 Å². The van der Waals surface area contributed by atoms with Crippen molar-refractivity contribution in [2.24, 2.45) is 0 Å². The second-order valence-corrected chi connectivity index (χ2v) is 3.89. The van der Waals surface area contributed by atoms with Crippen molar-refractivity contribution in [2.75, 3.05) is 11.1 Å². The van der Waals surface area contributed by atoms with Crippen LogP contribution in [0.5, 0.6) is 0 Å². The van der Waals surface area contributed by atoms with Gasteiger partial charge < -0.3 is 11.1 Å². The lowest BCUT2D eigenvalue weighted by atomic mass is 10.2. The molecule has 1 aromatic heterocycles. The van der Waals surface area contributed by atoms with E-state index in [9.17, 15) is 4.39 Å². The van der Waals surface area contributed by atoms with Crippen LogP contribution in [0.2, 0.25) is 5.02 Å². The molecular weight excluding hydrogens is 255 g/mol. The quantitative estimate of drug-likeness (QED) is 0.872. The van der Waals surface area contributed by atoms with Gasteiger partial charge in [0.25, 0.3) is 0 Å². The topological polar surface area (TPSA) is 74.7 Å². The second kappa shape index (κ2) is 4.90. The summed E-state index contributed by atoms with van der Waals surface area (Å²) in [6.45, 7) is 0. The van der Waals surface area contributed by atoms with Crippen LogP contribution in [0.15, 0.2) is 30.5 Å². The van der Waals surface area contributed by atoms with Crippen molar-refractivity contribution < 1.29 is 4.39 Å². The monoisotopic (exact) mass is 262 g/mol. The standard InChI is InChI=1S/C12H8ClFN4/c13-9-2-1-8(14)5-10(9)18-12-11(16)7(6-15)3-4-17-12/h1-5H,16H2,(H,17,18). The van der Waals surface area contributed by atoms with Crippen molar-refractivity contribution in [1.29, 1.82) is 5.26 Å². The average Bonchev–Trinajstić information content (AvgIpc) is 2.36. The van der Waals surface area contributed by atoms with Crippen LogP contribution >= 0.6 is 11.6 Å². The normalized spacial score (nSPS) is 9.83. The molecule has 1 heterocycles. The van der Waals surface area contributed by atoms with E-state index >= 15 is 0 Å². The maximum atomic E-state index is 13.1. The van der Waals surface area contributed by atoms with Crippen LogP contribution in [-0.4, -0.2) is 4.98 Å². The number of nitrogen functional groups attached to an aromatic ring is 1. The Hall–Kier alpha value is -2.32. The molecule has 0 fully saturated rings. The van der Waals surface area contributed by atoms with Gasteiger partial charge in [-0.2, -0.15) is 5.26 Å². The molecule has 6 heteroatoms. The molecule has 0 radical (unpaired) electrons. The third kappa shape index (κ3) is 2.34. The van der Waals surface area contributed by atoms with E-state index < -0.39 is 5.82 Å². The van der Waals surface area contributed by atoms with Crippen LogP contribution in [0.4, 0.5) is 21.6 Å². The lowest BCUT2D eigenvalue weighted by Gasteiger charge is -2.10. The van der Waals surface area contributed by atoms with Crippen LogP contribution in [0.1, 0.15) is 5.56 Å². The highest BCUT2D eigenvalue weighted by Crippen LogP contribution is 2.28. The third-order valence-corrected chi connectivity index (χ3v) is 2.62. The first-order chi connectivity index (χ1) is 8.61. The minimum atomic E-state index is -0.433. The van der Waals surface area contributed by atoms with Crippen molar-refractivity contribution in [1.82, 2.24) is 4.98 Å². The molecule has 0 spiro atoms. The van der Waals surface area contributed by atoms with E-state index in [2.05, 4.69) is 10.3 Å². The molecule has 4 nitrogen and oxygen atoms in total. The van der Waals surface area contributed by atoms with Gasteiger partial charge in [-0.25, -0.2) is 9.37 Å². The summed E-state index contributed by atoms with van der Waals surface area (Å²) in [5, 5.41) is 12.0. The summed E-state index contributed by atoms with van der Waals surface area (Å²) in [4.78, 5) is 3.98. The fourth-order valence-electron chi connectivity index (χ4n) is 1.39. The number of nitrogens with two attached hydrogens (primary N) is 1. The van der Waals surface area contributed by atoms with E-state index in [1.807, 2.05) is 6.07 Å². The van der Waals surface area contributed by atoms with Crippen LogP contribution in [0.3, 0.4) is 0 Å². The zero-order valence-corrected chi connectivity index (χ0v) is 9.87. The van der Waals surface area contributed by atoms with Gasteiger partial charge in [0.2, 0.25) is 0 Å². The molecule has 2 rings (SSSR count). The number of pyridine rings is 1. The number of nitrogens with one attached hydrogen (secondary N) is 1. The predicted octanol–water partition coefficient (Wildman–Crippen LogP) is 3.07. The first-order valence-electron chi connectivity index (χ1n) is 4.98. The molecule has 0 saturated heterocycles. The number of benzene rings is 1. The number of rotatable bonds is 2. The number of aromatic nitrogens is 1. The van der Waals surface area contributed by atoms with Crippen LogP contribution < -0.4 is 11.1 Å². The predicted molar refractivity (Wildman–Crippen MR) is 68.1 cm³/mol. The second-order valence-electron chi connectivity index (χ2n) is 3.48. The Morgan fingerprint density at radius 2 is 2.17 bits per heavy atom. The molecule has 0 aliphatic heterocycles. The fourth-order valence-corrected chi connectivity index (χ4v) is 1.56. The lowest BCUT2D eigenvalue weighted by molar-refractivity contribution is 0.628. The van der Waals surface area contributed by atoms with Gasteiger partial charge in [0.15, 0.2) is 5.82 Å². The first kappa shape index (κ1) is 12.1. The molecular formula is C12H8ClFN4. The highest BCUT2D eigenvalue weighted by Gasteiger charge is 2.08. The van der Waals surface area contributed by atoms with Gasteiger partial charge in [-0.15, -0.1) is 0 Å². The van der Waals surface area contributed by atoms with Gasteiger partial charge >= 0.3 is 0 Å².